The van der Waals surface area contributed by atoms with Crippen molar-refractivity contribution in [2.75, 3.05) is 37.7 Å². The molecular formula is C19H34N4OS. The number of rotatable bonds is 6. The third-order valence-electron chi connectivity index (χ3n) is 4.89. The van der Waals surface area contributed by atoms with Crippen LogP contribution in [0.3, 0.4) is 0 Å². The highest BCUT2D eigenvalue weighted by molar-refractivity contribution is 7.99. The maximum Gasteiger partial charge on any atom is 0.225 e. The minimum absolute atomic E-state index is 0.232. The van der Waals surface area contributed by atoms with Gasteiger partial charge in [0.25, 0.3) is 0 Å². The van der Waals surface area contributed by atoms with E-state index in [0.717, 1.165) is 75.7 Å². The van der Waals surface area contributed by atoms with Gasteiger partial charge < -0.3 is 15.5 Å². The number of carbonyl (C=O) groups excluding carboxylic acids is 1. The lowest BCUT2D eigenvalue weighted by atomic mass is 9.85. The van der Waals surface area contributed by atoms with Gasteiger partial charge in [0.1, 0.15) is 0 Å². The fourth-order valence-electron chi connectivity index (χ4n) is 3.46. The number of aliphatic imine (C=N–C) groups is 1. The van der Waals surface area contributed by atoms with Crippen molar-refractivity contribution in [2.24, 2.45) is 10.9 Å². The number of amides is 1. The Morgan fingerprint density at radius 1 is 1.24 bits per heavy atom. The maximum absolute atomic E-state index is 12.6. The molecule has 0 aromatic carbocycles. The average molecular weight is 367 g/mol. The van der Waals surface area contributed by atoms with Gasteiger partial charge in [-0.25, -0.2) is 0 Å². The molecule has 2 fully saturated rings. The first-order chi connectivity index (χ1) is 12.2. The summed E-state index contributed by atoms with van der Waals surface area (Å²) in [5.41, 5.74) is 0. The molecule has 142 valence electrons. The lowest BCUT2D eigenvalue weighted by Gasteiger charge is -2.34. The monoisotopic (exact) mass is 366 g/mol. The van der Waals surface area contributed by atoms with Gasteiger partial charge in [-0.1, -0.05) is 12.2 Å². The number of hydrogen-bond acceptors (Lipinski definition) is 3. The SMILES string of the molecule is C/C=C/CCN=C(NCC)NC1CCC(C(=O)N2CCSCC2)CC1. The second kappa shape index (κ2) is 11.4. The summed E-state index contributed by atoms with van der Waals surface area (Å²) in [6.45, 7) is 7.68. The number of hydrogen-bond donors (Lipinski definition) is 2. The predicted octanol–water partition coefficient (Wildman–Crippen LogP) is 2.64. The molecule has 6 heteroatoms. The standard InChI is InChI=1S/C19H34N4OS/c1-3-5-6-11-21-19(20-4-2)22-17-9-7-16(8-10-17)18(24)23-12-14-25-15-13-23/h3,5,16-17H,4,6-15H2,1-2H3,(H2,20,21,22)/b5-3+. The van der Waals surface area contributed by atoms with Gasteiger partial charge >= 0.3 is 0 Å². The topological polar surface area (TPSA) is 56.7 Å². The Kier molecular flexibility index (Phi) is 9.22. The van der Waals surface area contributed by atoms with Gasteiger partial charge in [0.15, 0.2) is 5.96 Å². The summed E-state index contributed by atoms with van der Waals surface area (Å²) in [7, 11) is 0. The summed E-state index contributed by atoms with van der Waals surface area (Å²) in [5, 5.41) is 6.89. The van der Waals surface area contributed by atoms with Crippen LogP contribution in [-0.4, -0.2) is 60.5 Å². The summed E-state index contributed by atoms with van der Waals surface area (Å²) >= 11 is 1.96. The Morgan fingerprint density at radius 2 is 1.96 bits per heavy atom. The first-order valence-corrected chi connectivity index (χ1v) is 10.9. The van der Waals surface area contributed by atoms with E-state index in [1.165, 1.54) is 0 Å². The molecular weight excluding hydrogens is 332 g/mol. The zero-order valence-corrected chi connectivity index (χ0v) is 16.6. The molecule has 1 saturated heterocycles. The van der Waals surface area contributed by atoms with Gasteiger partial charge in [-0.15, -0.1) is 0 Å². The second-order valence-corrected chi connectivity index (χ2v) is 7.97. The van der Waals surface area contributed by atoms with E-state index in [2.05, 4.69) is 39.6 Å². The van der Waals surface area contributed by atoms with Gasteiger partial charge in [0.2, 0.25) is 5.91 Å². The first kappa shape index (κ1) is 20.1. The van der Waals surface area contributed by atoms with Crippen molar-refractivity contribution in [2.45, 2.75) is 52.0 Å². The van der Waals surface area contributed by atoms with Gasteiger partial charge in [-0.2, -0.15) is 11.8 Å². The zero-order valence-electron chi connectivity index (χ0n) is 15.8. The highest BCUT2D eigenvalue weighted by Crippen LogP contribution is 2.27. The lowest BCUT2D eigenvalue weighted by Crippen LogP contribution is -2.47. The zero-order chi connectivity index (χ0) is 17.9. The molecule has 1 amide bonds. The Hall–Kier alpha value is -1.17. The van der Waals surface area contributed by atoms with Gasteiger partial charge in [-0.3, -0.25) is 9.79 Å². The number of thioether (sulfide) groups is 1. The second-order valence-electron chi connectivity index (χ2n) is 6.75. The Morgan fingerprint density at radius 3 is 2.60 bits per heavy atom. The highest BCUT2D eigenvalue weighted by Gasteiger charge is 2.30. The Bertz CT molecular complexity index is 452. The van der Waals surface area contributed by atoms with E-state index >= 15 is 0 Å². The van der Waals surface area contributed by atoms with E-state index in [1.807, 2.05) is 18.7 Å². The van der Waals surface area contributed by atoms with Crippen molar-refractivity contribution in [3.05, 3.63) is 12.2 Å². The molecule has 0 aromatic rings. The molecule has 0 radical (unpaired) electrons. The van der Waals surface area contributed by atoms with E-state index in [-0.39, 0.29) is 5.92 Å². The molecule has 5 nitrogen and oxygen atoms in total. The number of nitrogens with zero attached hydrogens (tertiary/aromatic N) is 2. The predicted molar refractivity (Wildman–Crippen MR) is 108 cm³/mol. The minimum atomic E-state index is 0.232. The van der Waals surface area contributed by atoms with Crippen molar-refractivity contribution in [1.29, 1.82) is 0 Å². The molecule has 0 unspecified atom stereocenters. The van der Waals surface area contributed by atoms with Crippen molar-refractivity contribution in [1.82, 2.24) is 15.5 Å². The van der Waals surface area contributed by atoms with Crippen LogP contribution in [0.25, 0.3) is 0 Å². The molecule has 0 spiro atoms. The molecule has 2 rings (SSSR count). The molecule has 1 saturated carbocycles. The first-order valence-electron chi connectivity index (χ1n) is 9.77. The van der Waals surface area contributed by atoms with Crippen molar-refractivity contribution in [3.8, 4) is 0 Å². The summed E-state index contributed by atoms with van der Waals surface area (Å²) < 4.78 is 0. The van der Waals surface area contributed by atoms with Crippen molar-refractivity contribution in [3.63, 3.8) is 0 Å². The van der Waals surface area contributed by atoms with Crippen LogP contribution in [0.15, 0.2) is 17.1 Å². The van der Waals surface area contributed by atoms with Crippen LogP contribution in [0, 0.1) is 5.92 Å². The Labute approximate surface area is 157 Å². The molecule has 1 heterocycles. The largest absolute Gasteiger partial charge is 0.357 e. The number of guanidine groups is 1. The molecule has 0 bridgehead atoms. The summed E-state index contributed by atoms with van der Waals surface area (Å²) in [6.07, 6.45) is 9.29. The number of nitrogens with one attached hydrogen (secondary N) is 2. The van der Waals surface area contributed by atoms with Crippen LogP contribution in [0.4, 0.5) is 0 Å². The van der Waals surface area contributed by atoms with E-state index in [9.17, 15) is 4.79 Å². The fourth-order valence-corrected chi connectivity index (χ4v) is 4.36. The van der Waals surface area contributed by atoms with Crippen molar-refractivity contribution < 1.29 is 4.79 Å². The van der Waals surface area contributed by atoms with Crippen LogP contribution in [0.5, 0.6) is 0 Å². The quantitative estimate of drug-likeness (QED) is 0.328. The molecule has 2 aliphatic rings. The van der Waals surface area contributed by atoms with Crippen LogP contribution < -0.4 is 10.6 Å². The van der Waals surface area contributed by atoms with Crippen LogP contribution in [0.1, 0.15) is 46.0 Å². The van der Waals surface area contributed by atoms with E-state index in [1.54, 1.807) is 0 Å². The van der Waals surface area contributed by atoms with Crippen molar-refractivity contribution >= 4 is 23.6 Å². The smallest absolute Gasteiger partial charge is 0.225 e. The van der Waals surface area contributed by atoms with Crippen LogP contribution >= 0.6 is 11.8 Å². The molecule has 1 aliphatic carbocycles. The van der Waals surface area contributed by atoms with Crippen LogP contribution in [-0.2, 0) is 4.79 Å². The summed E-state index contributed by atoms with van der Waals surface area (Å²) in [5.74, 6) is 3.73. The van der Waals surface area contributed by atoms with Gasteiger partial charge in [-0.05, 0) is 46.0 Å². The number of carbonyl (C=O) groups is 1. The molecule has 0 aromatic heterocycles. The fraction of sp³-hybridized carbons (Fsp3) is 0.789. The summed E-state index contributed by atoms with van der Waals surface area (Å²) in [4.78, 5) is 19.4. The average Bonchev–Trinajstić information content (AvgIpc) is 2.66. The Balaban J connectivity index is 1.76. The van der Waals surface area contributed by atoms with Crippen LogP contribution in [0.2, 0.25) is 0 Å². The number of allylic oxidation sites excluding steroid dienone is 1. The van der Waals surface area contributed by atoms with E-state index < -0.39 is 0 Å². The third kappa shape index (κ3) is 6.92. The lowest BCUT2D eigenvalue weighted by molar-refractivity contribution is -0.136. The van der Waals surface area contributed by atoms with E-state index in [0.29, 0.717) is 11.9 Å². The van der Waals surface area contributed by atoms with Gasteiger partial charge in [0, 0.05) is 49.6 Å². The highest BCUT2D eigenvalue weighted by atomic mass is 32.2. The third-order valence-corrected chi connectivity index (χ3v) is 5.83. The molecule has 25 heavy (non-hydrogen) atoms. The maximum atomic E-state index is 12.6. The normalized spacial score (nSPS) is 25.2. The minimum Gasteiger partial charge on any atom is -0.357 e. The summed E-state index contributed by atoms with van der Waals surface area (Å²) in [6, 6.07) is 0.431. The molecule has 0 atom stereocenters. The van der Waals surface area contributed by atoms with Gasteiger partial charge in [0.05, 0.1) is 0 Å². The molecule has 2 N–H and O–H groups in total. The molecule has 1 aliphatic heterocycles. The van der Waals surface area contributed by atoms with E-state index in [4.69, 9.17) is 0 Å².